The molecule has 0 spiro atoms. The molecule has 1 aliphatic heterocycles. The highest BCUT2D eigenvalue weighted by atomic mass is 35.5. The summed E-state index contributed by atoms with van der Waals surface area (Å²) in [7, 11) is 0. The van der Waals surface area contributed by atoms with E-state index in [0.717, 1.165) is 18.2 Å². The molecule has 0 atom stereocenters. The van der Waals surface area contributed by atoms with Crippen LogP contribution in [0.15, 0.2) is 0 Å². The maximum Gasteiger partial charge on any atom is 0.359 e. The molecule has 0 aliphatic carbocycles. The smallest absolute Gasteiger partial charge is 0.359 e. The molecule has 1 saturated heterocycles. The molecule has 0 bridgehead atoms. The number of hydrogen-bond acceptors (Lipinski definition) is 6. The van der Waals surface area contributed by atoms with Gasteiger partial charge in [-0.05, 0) is 6.92 Å². The Bertz CT molecular complexity index is 404. The average molecular weight is 277 g/mol. The molecule has 1 aromatic heterocycles. The minimum Gasteiger partial charge on any atom is -0.461 e. The van der Waals surface area contributed by atoms with E-state index in [1.807, 2.05) is 0 Å². The Morgan fingerprint density at radius 1 is 1.59 bits per heavy atom. The minimum atomic E-state index is -0.465. The molecule has 2 rings (SSSR count). The molecule has 5 nitrogen and oxygen atoms in total. The molecule has 17 heavy (non-hydrogen) atoms. The minimum absolute atomic E-state index is 0.208. The highest BCUT2D eigenvalue weighted by Crippen LogP contribution is 2.31. The first-order valence-electron chi connectivity index (χ1n) is 5.38. The van der Waals surface area contributed by atoms with Crippen molar-refractivity contribution < 1.29 is 14.3 Å². The molecule has 0 aromatic carbocycles. The van der Waals surface area contributed by atoms with E-state index in [1.54, 1.807) is 6.92 Å². The standard InChI is InChI=1S/C10H13ClN2O3S/c1-2-16-9(14)7-8(11)17-10(12-7)13-3-5-15-6-4-13/h2-6H2,1H3. The Morgan fingerprint density at radius 2 is 2.29 bits per heavy atom. The summed E-state index contributed by atoms with van der Waals surface area (Å²) in [6.45, 7) is 4.96. The molecule has 0 amide bonds. The third-order valence-corrected chi connectivity index (χ3v) is 3.64. The summed E-state index contributed by atoms with van der Waals surface area (Å²) in [6.07, 6.45) is 0. The molecule has 7 heteroatoms. The molecule has 1 aliphatic rings. The molecule has 0 saturated carbocycles. The van der Waals surface area contributed by atoms with Gasteiger partial charge in [0.15, 0.2) is 10.8 Å². The third kappa shape index (κ3) is 2.88. The lowest BCUT2D eigenvalue weighted by atomic mass is 10.4. The number of esters is 1. The summed E-state index contributed by atoms with van der Waals surface area (Å²) in [5, 5.41) is 0.751. The van der Waals surface area contributed by atoms with E-state index >= 15 is 0 Å². The highest BCUT2D eigenvalue weighted by Gasteiger charge is 2.22. The first-order valence-corrected chi connectivity index (χ1v) is 6.58. The zero-order chi connectivity index (χ0) is 12.3. The number of ether oxygens (including phenoxy) is 2. The molecular formula is C10H13ClN2O3S. The van der Waals surface area contributed by atoms with Crippen molar-refractivity contribution in [3.8, 4) is 0 Å². The van der Waals surface area contributed by atoms with E-state index in [1.165, 1.54) is 11.3 Å². The van der Waals surface area contributed by atoms with Crippen LogP contribution in [-0.4, -0.2) is 43.9 Å². The maximum absolute atomic E-state index is 11.6. The number of halogens is 1. The molecule has 0 unspecified atom stereocenters. The van der Waals surface area contributed by atoms with Crippen LogP contribution in [-0.2, 0) is 9.47 Å². The van der Waals surface area contributed by atoms with E-state index in [0.29, 0.717) is 24.2 Å². The van der Waals surface area contributed by atoms with Crippen LogP contribution in [0.1, 0.15) is 17.4 Å². The van der Waals surface area contributed by atoms with Gasteiger partial charge in [-0.15, -0.1) is 0 Å². The van der Waals surface area contributed by atoms with Gasteiger partial charge in [-0.2, -0.15) is 0 Å². The molecule has 94 valence electrons. The normalized spacial score (nSPS) is 16.0. The quantitative estimate of drug-likeness (QED) is 0.788. The fourth-order valence-electron chi connectivity index (χ4n) is 1.51. The monoisotopic (exact) mass is 276 g/mol. The van der Waals surface area contributed by atoms with Crippen LogP contribution in [0.25, 0.3) is 0 Å². The van der Waals surface area contributed by atoms with E-state index in [9.17, 15) is 4.79 Å². The van der Waals surface area contributed by atoms with Crippen LogP contribution in [0.4, 0.5) is 5.13 Å². The Balaban J connectivity index is 2.14. The first kappa shape index (κ1) is 12.6. The second-order valence-electron chi connectivity index (χ2n) is 3.44. The molecule has 0 radical (unpaired) electrons. The lowest BCUT2D eigenvalue weighted by Gasteiger charge is -2.25. The highest BCUT2D eigenvalue weighted by molar-refractivity contribution is 7.19. The van der Waals surface area contributed by atoms with Crippen molar-refractivity contribution in [3.63, 3.8) is 0 Å². The van der Waals surface area contributed by atoms with E-state index in [-0.39, 0.29) is 5.69 Å². The van der Waals surface area contributed by atoms with Crippen molar-refractivity contribution in [1.82, 2.24) is 4.98 Å². The summed E-state index contributed by atoms with van der Waals surface area (Å²) in [5.74, 6) is -0.465. The summed E-state index contributed by atoms with van der Waals surface area (Å²) >= 11 is 7.29. The van der Waals surface area contributed by atoms with Crippen molar-refractivity contribution in [1.29, 1.82) is 0 Å². The van der Waals surface area contributed by atoms with Gasteiger partial charge in [0, 0.05) is 13.1 Å². The number of thiazole rings is 1. The second-order valence-corrected chi connectivity index (χ2v) is 5.02. The third-order valence-electron chi connectivity index (χ3n) is 2.32. The number of carbonyl (C=O) groups excluding carboxylic acids is 1. The first-order chi connectivity index (χ1) is 8.22. The number of morpholine rings is 1. The van der Waals surface area contributed by atoms with Gasteiger partial charge < -0.3 is 14.4 Å². The summed E-state index contributed by atoms with van der Waals surface area (Å²) in [4.78, 5) is 17.8. The van der Waals surface area contributed by atoms with Gasteiger partial charge in [0.2, 0.25) is 0 Å². The number of hydrogen-bond donors (Lipinski definition) is 0. The number of carbonyl (C=O) groups is 1. The Morgan fingerprint density at radius 3 is 2.94 bits per heavy atom. The van der Waals surface area contributed by atoms with Gasteiger partial charge in [-0.25, -0.2) is 9.78 Å². The van der Waals surface area contributed by atoms with Crippen molar-refractivity contribution in [2.24, 2.45) is 0 Å². The van der Waals surface area contributed by atoms with Crippen molar-refractivity contribution in [3.05, 3.63) is 10.0 Å². The van der Waals surface area contributed by atoms with Crippen LogP contribution >= 0.6 is 22.9 Å². The molecule has 0 N–H and O–H groups in total. The van der Waals surface area contributed by atoms with Crippen LogP contribution in [0.3, 0.4) is 0 Å². The van der Waals surface area contributed by atoms with Crippen LogP contribution in [0.2, 0.25) is 4.34 Å². The number of rotatable bonds is 3. The lowest BCUT2D eigenvalue weighted by Crippen LogP contribution is -2.36. The second kappa shape index (κ2) is 5.66. The predicted octanol–water partition coefficient (Wildman–Crippen LogP) is 1.81. The Labute approximate surface area is 108 Å². The average Bonchev–Trinajstić information content (AvgIpc) is 2.73. The topological polar surface area (TPSA) is 51.7 Å². The molecular weight excluding hydrogens is 264 g/mol. The van der Waals surface area contributed by atoms with Crippen molar-refractivity contribution in [2.75, 3.05) is 37.8 Å². The lowest BCUT2D eigenvalue weighted by molar-refractivity contribution is 0.0520. The number of aromatic nitrogens is 1. The molecule has 1 aromatic rings. The SMILES string of the molecule is CCOC(=O)c1nc(N2CCOCC2)sc1Cl. The van der Waals surface area contributed by atoms with E-state index in [4.69, 9.17) is 21.1 Å². The fraction of sp³-hybridized carbons (Fsp3) is 0.600. The van der Waals surface area contributed by atoms with Gasteiger partial charge in [-0.3, -0.25) is 0 Å². The number of anilines is 1. The van der Waals surface area contributed by atoms with Crippen molar-refractivity contribution >= 4 is 34.0 Å². The van der Waals surface area contributed by atoms with Gasteiger partial charge in [-0.1, -0.05) is 22.9 Å². The largest absolute Gasteiger partial charge is 0.461 e. The zero-order valence-corrected chi connectivity index (χ0v) is 11.0. The van der Waals surface area contributed by atoms with Gasteiger partial charge in [0.1, 0.15) is 4.34 Å². The Hall–Kier alpha value is -0.850. The summed E-state index contributed by atoms with van der Waals surface area (Å²) < 4.78 is 10.5. The summed E-state index contributed by atoms with van der Waals surface area (Å²) in [5.41, 5.74) is 0.208. The maximum atomic E-state index is 11.6. The van der Waals surface area contributed by atoms with E-state index in [2.05, 4.69) is 9.88 Å². The Kier molecular flexibility index (Phi) is 4.20. The van der Waals surface area contributed by atoms with Gasteiger partial charge in [0.25, 0.3) is 0 Å². The fourth-order valence-corrected chi connectivity index (χ4v) is 2.67. The van der Waals surface area contributed by atoms with Crippen LogP contribution in [0.5, 0.6) is 0 Å². The van der Waals surface area contributed by atoms with E-state index < -0.39 is 5.97 Å². The summed E-state index contributed by atoms with van der Waals surface area (Å²) in [6, 6.07) is 0. The van der Waals surface area contributed by atoms with Gasteiger partial charge in [0.05, 0.1) is 19.8 Å². The van der Waals surface area contributed by atoms with Gasteiger partial charge >= 0.3 is 5.97 Å². The predicted molar refractivity (Wildman–Crippen MR) is 66.1 cm³/mol. The van der Waals surface area contributed by atoms with Crippen molar-refractivity contribution in [2.45, 2.75) is 6.92 Å². The molecule has 1 fully saturated rings. The molecule has 2 heterocycles. The van der Waals surface area contributed by atoms with Crippen LogP contribution in [0, 0.1) is 0 Å². The zero-order valence-electron chi connectivity index (χ0n) is 9.44. The van der Waals surface area contributed by atoms with Crippen LogP contribution < -0.4 is 4.90 Å². The number of nitrogens with zero attached hydrogens (tertiary/aromatic N) is 2.